The molecule has 1 fully saturated rings. The second kappa shape index (κ2) is 7.19. The molecule has 3 N–H and O–H groups in total. The van der Waals surface area contributed by atoms with Crippen LogP contribution in [0.5, 0.6) is 0 Å². The number of hydrazine groups is 1. The maximum Gasteiger partial charge on any atom is 0.254 e. The summed E-state index contributed by atoms with van der Waals surface area (Å²) in [4.78, 5) is 16.5. The van der Waals surface area contributed by atoms with Crippen LogP contribution in [-0.2, 0) is 6.54 Å². The Hall–Kier alpha value is -2.22. The van der Waals surface area contributed by atoms with Crippen LogP contribution in [0.4, 0.5) is 0 Å². The van der Waals surface area contributed by atoms with Crippen molar-refractivity contribution in [3.63, 3.8) is 0 Å². The van der Waals surface area contributed by atoms with Gasteiger partial charge in [-0.15, -0.1) is 0 Å². The van der Waals surface area contributed by atoms with E-state index in [1.165, 1.54) is 16.6 Å². The van der Waals surface area contributed by atoms with Gasteiger partial charge in [0.05, 0.1) is 17.8 Å². The number of pyridine rings is 1. The molecule has 0 aliphatic carbocycles. The van der Waals surface area contributed by atoms with Crippen LogP contribution in [0.15, 0.2) is 53.3 Å². The number of fused-ring (bicyclic) bond motifs is 1. The lowest BCUT2D eigenvalue weighted by Crippen LogP contribution is -2.44. The van der Waals surface area contributed by atoms with E-state index in [1.807, 2.05) is 0 Å². The minimum absolute atomic E-state index is 0.133. The lowest BCUT2D eigenvalue weighted by Gasteiger charge is -2.14. The summed E-state index contributed by atoms with van der Waals surface area (Å²) in [6.45, 7) is 3.06. The Bertz CT molecular complexity index is 954. The van der Waals surface area contributed by atoms with Gasteiger partial charge in [0.15, 0.2) is 0 Å². The van der Waals surface area contributed by atoms with Crippen LogP contribution in [0.3, 0.4) is 0 Å². The molecule has 0 bridgehead atoms. The number of carbonyl (C=O) groups is 1. The van der Waals surface area contributed by atoms with Crippen LogP contribution in [0.25, 0.3) is 10.9 Å². The Morgan fingerprint density at radius 3 is 2.96 bits per heavy atom. The number of halogens is 1. The quantitative estimate of drug-likeness (QED) is 0.614. The molecule has 1 aromatic carbocycles. The van der Waals surface area contributed by atoms with Crippen LogP contribution in [0.2, 0.25) is 0 Å². The Morgan fingerprint density at radius 2 is 2.15 bits per heavy atom. The van der Waals surface area contributed by atoms with Crippen molar-refractivity contribution in [2.24, 2.45) is 0 Å². The molecule has 6 nitrogen and oxygen atoms in total. The summed E-state index contributed by atoms with van der Waals surface area (Å²) in [5, 5.41) is 4.25. The first-order valence-electron chi connectivity index (χ1n) is 8.66. The molecule has 26 heavy (non-hydrogen) atoms. The molecule has 4 rings (SSSR count). The van der Waals surface area contributed by atoms with E-state index < -0.39 is 0 Å². The molecule has 2 aromatic heterocycles. The zero-order valence-electron chi connectivity index (χ0n) is 14.4. The van der Waals surface area contributed by atoms with E-state index in [0.717, 1.165) is 17.4 Å². The maximum atomic E-state index is 12.4. The van der Waals surface area contributed by atoms with Crippen molar-refractivity contribution in [2.75, 3.05) is 0 Å². The minimum Gasteiger partial charge on any atom is -0.343 e. The number of amides is 1. The first kappa shape index (κ1) is 17.2. The molecule has 3 aromatic rings. The van der Waals surface area contributed by atoms with Crippen LogP contribution in [0.1, 0.15) is 35.4 Å². The Balaban J connectivity index is 1.50. The fraction of sp³-hybridized carbons (Fsp3) is 0.263. The van der Waals surface area contributed by atoms with Crippen molar-refractivity contribution in [2.45, 2.75) is 32.1 Å². The first-order chi connectivity index (χ1) is 12.7. The van der Waals surface area contributed by atoms with Crippen molar-refractivity contribution in [1.82, 2.24) is 25.7 Å². The molecule has 2 atom stereocenters. The molecule has 1 amide bonds. The van der Waals surface area contributed by atoms with Crippen molar-refractivity contribution < 1.29 is 4.79 Å². The minimum atomic E-state index is -0.144. The third-order valence-electron chi connectivity index (χ3n) is 4.69. The predicted octanol–water partition coefficient (Wildman–Crippen LogP) is 3.11. The second-order valence-electron chi connectivity index (χ2n) is 6.37. The van der Waals surface area contributed by atoms with Crippen molar-refractivity contribution in [3.05, 3.63) is 64.5 Å². The summed E-state index contributed by atoms with van der Waals surface area (Å²) < 4.78 is 3.10. The summed E-state index contributed by atoms with van der Waals surface area (Å²) in [6, 6.07) is 12.5. The number of aromatic nitrogens is 2. The normalized spacial score (nSPS) is 19.8. The van der Waals surface area contributed by atoms with Crippen LogP contribution in [0, 0.1) is 0 Å². The van der Waals surface area contributed by atoms with E-state index in [1.54, 1.807) is 18.5 Å². The van der Waals surface area contributed by atoms with Gasteiger partial charge in [-0.3, -0.25) is 9.78 Å². The van der Waals surface area contributed by atoms with Crippen LogP contribution >= 0.6 is 15.9 Å². The standard InChI is InChI=1S/C19H20BrN5O/c1-2-25-16-6-4-3-5-12(16)8-17(25)15-9-18(24-23-15)22-19(26)13-7-14(20)11-21-10-13/h3-8,10-11,15,18,23-24H,2,9H2,1H3,(H,22,26). The van der Waals surface area contributed by atoms with Crippen molar-refractivity contribution in [3.8, 4) is 0 Å². The number of nitrogens with zero attached hydrogens (tertiary/aromatic N) is 2. The Labute approximate surface area is 160 Å². The smallest absolute Gasteiger partial charge is 0.254 e. The molecule has 1 aliphatic rings. The summed E-state index contributed by atoms with van der Waals surface area (Å²) in [6.07, 6.45) is 3.85. The van der Waals surface area contributed by atoms with Gasteiger partial charge in [0, 0.05) is 41.0 Å². The van der Waals surface area contributed by atoms with Crippen LogP contribution in [-0.4, -0.2) is 21.6 Å². The predicted molar refractivity (Wildman–Crippen MR) is 104 cm³/mol. The number of hydrogen-bond donors (Lipinski definition) is 3. The van der Waals surface area contributed by atoms with E-state index in [9.17, 15) is 4.79 Å². The average molecular weight is 414 g/mol. The van der Waals surface area contributed by atoms with Gasteiger partial charge in [0.25, 0.3) is 5.91 Å². The van der Waals surface area contributed by atoms with Crippen LogP contribution < -0.4 is 16.2 Å². The highest BCUT2D eigenvalue weighted by molar-refractivity contribution is 9.10. The number of nitrogens with one attached hydrogen (secondary N) is 3. The molecule has 7 heteroatoms. The van der Waals surface area contributed by atoms with E-state index in [2.05, 4.69) is 78.9 Å². The van der Waals surface area contributed by atoms with Gasteiger partial charge in [-0.25, -0.2) is 10.9 Å². The lowest BCUT2D eigenvalue weighted by molar-refractivity contribution is 0.0932. The molecule has 2 unspecified atom stereocenters. The van der Waals surface area contributed by atoms with Gasteiger partial charge in [0.2, 0.25) is 0 Å². The highest BCUT2D eigenvalue weighted by Gasteiger charge is 2.29. The molecule has 0 spiro atoms. The lowest BCUT2D eigenvalue weighted by atomic mass is 10.1. The third-order valence-corrected chi connectivity index (χ3v) is 5.13. The maximum absolute atomic E-state index is 12.4. The second-order valence-corrected chi connectivity index (χ2v) is 7.28. The SMILES string of the molecule is CCn1c(C2CC(NC(=O)c3cncc(Br)c3)NN2)cc2ccccc21. The fourth-order valence-electron chi connectivity index (χ4n) is 3.50. The molecule has 0 saturated carbocycles. The number of aryl methyl sites for hydroxylation is 1. The zero-order valence-corrected chi connectivity index (χ0v) is 16.0. The molecule has 134 valence electrons. The molecular formula is C19H20BrN5O. The van der Waals surface area contributed by atoms with E-state index in [0.29, 0.717) is 5.56 Å². The molecule has 3 heterocycles. The fourth-order valence-corrected chi connectivity index (χ4v) is 3.86. The summed E-state index contributed by atoms with van der Waals surface area (Å²) in [5.41, 5.74) is 9.50. The monoisotopic (exact) mass is 413 g/mol. The number of hydrogen-bond acceptors (Lipinski definition) is 4. The van der Waals surface area contributed by atoms with Crippen molar-refractivity contribution >= 4 is 32.7 Å². The summed E-state index contributed by atoms with van der Waals surface area (Å²) in [5.74, 6) is -0.144. The third kappa shape index (κ3) is 3.25. The number of rotatable bonds is 4. The van der Waals surface area contributed by atoms with Gasteiger partial charge in [-0.05, 0) is 46.4 Å². The average Bonchev–Trinajstić information content (AvgIpc) is 3.25. The highest BCUT2D eigenvalue weighted by Crippen LogP contribution is 2.28. The summed E-state index contributed by atoms with van der Waals surface area (Å²) in [7, 11) is 0. The van der Waals surface area contributed by atoms with Crippen molar-refractivity contribution in [1.29, 1.82) is 0 Å². The molecule has 1 saturated heterocycles. The number of carbonyl (C=O) groups excluding carboxylic acids is 1. The van der Waals surface area contributed by atoms with E-state index >= 15 is 0 Å². The number of benzene rings is 1. The van der Waals surface area contributed by atoms with Gasteiger partial charge in [0.1, 0.15) is 0 Å². The molecular weight excluding hydrogens is 394 g/mol. The molecule has 0 radical (unpaired) electrons. The summed E-state index contributed by atoms with van der Waals surface area (Å²) >= 11 is 3.34. The Morgan fingerprint density at radius 1 is 1.31 bits per heavy atom. The first-order valence-corrected chi connectivity index (χ1v) is 9.45. The van der Waals surface area contributed by atoms with Gasteiger partial charge in [-0.1, -0.05) is 18.2 Å². The van der Waals surface area contributed by atoms with Gasteiger partial charge in [-0.2, -0.15) is 0 Å². The van der Waals surface area contributed by atoms with Gasteiger partial charge >= 0.3 is 0 Å². The van der Waals surface area contributed by atoms with E-state index in [4.69, 9.17) is 0 Å². The number of para-hydroxylation sites is 1. The topological polar surface area (TPSA) is 71.0 Å². The highest BCUT2D eigenvalue weighted by atomic mass is 79.9. The van der Waals surface area contributed by atoms with E-state index in [-0.39, 0.29) is 18.1 Å². The van der Waals surface area contributed by atoms with Gasteiger partial charge < -0.3 is 9.88 Å². The largest absolute Gasteiger partial charge is 0.343 e. The Kier molecular flexibility index (Phi) is 4.76. The zero-order chi connectivity index (χ0) is 18.1. The molecule has 1 aliphatic heterocycles.